The van der Waals surface area contributed by atoms with Crippen molar-refractivity contribution in [1.82, 2.24) is 5.32 Å². The number of amides is 1. The summed E-state index contributed by atoms with van der Waals surface area (Å²) in [7, 11) is -2.24. The molecule has 0 atom stereocenters. The Kier molecular flexibility index (Phi) is 5.00. The molecule has 0 saturated carbocycles. The third kappa shape index (κ3) is 4.29. The van der Waals surface area contributed by atoms with Gasteiger partial charge >= 0.3 is 0 Å². The molecule has 2 N–H and O–H groups in total. The summed E-state index contributed by atoms with van der Waals surface area (Å²) in [6, 6.07) is 10.1. The zero-order valence-electron chi connectivity index (χ0n) is 12.8. The summed E-state index contributed by atoms with van der Waals surface area (Å²) in [4.78, 5) is 11.3. The maximum Gasteiger partial charge on any atom is 0.261 e. The van der Waals surface area contributed by atoms with E-state index in [2.05, 4.69) is 10.0 Å². The van der Waals surface area contributed by atoms with E-state index in [9.17, 15) is 17.6 Å². The van der Waals surface area contributed by atoms with Crippen LogP contribution in [0.2, 0.25) is 0 Å². The number of hydrogen-bond donors (Lipinski definition) is 2. The lowest BCUT2D eigenvalue weighted by atomic mass is 10.1. The first-order valence-corrected chi connectivity index (χ1v) is 8.38. The van der Waals surface area contributed by atoms with E-state index < -0.39 is 15.8 Å². The molecular weight excluding hydrogens is 319 g/mol. The zero-order valence-corrected chi connectivity index (χ0v) is 13.6. The van der Waals surface area contributed by atoms with Crippen LogP contribution in [-0.2, 0) is 21.2 Å². The van der Waals surface area contributed by atoms with Gasteiger partial charge in [0.05, 0.1) is 11.3 Å². The molecular formula is C16H17FN2O3S. The molecule has 7 heteroatoms. The number of nitrogens with one attached hydrogen (secondary N) is 2. The molecule has 0 saturated heterocycles. The predicted octanol–water partition coefficient (Wildman–Crippen LogP) is 2.22. The van der Waals surface area contributed by atoms with Gasteiger partial charge in [-0.05, 0) is 48.4 Å². The second-order valence-electron chi connectivity index (χ2n) is 5.06. The van der Waals surface area contributed by atoms with Crippen LogP contribution in [-0.4, -0.2) is 21.4 Å². The van der Waals surface area contributed by atoms with Crippen LogP contribution in [0.1, 0.15) is 11.1 Å². The number of anilines is 1. The maximum atomic E-state index is 13.2. The number of hydrogen-bond acceptors (Lipinski definition) is 3. The van der Waals surface area contributed by atoms with Crippen molar-refractivity contribution in [2.45, 2.75) is 18.2 Å². The van der Waals surface area contributed by atoms with E-state index in [1.807, 2.05) is 0 Å². The summed E-state index contributed by atoms with van der Waals surface area (Å²) in [5.41, 5.74) is 1.39. The van der Waals surface area contributed by atoms with Crippen LogP contribution in [0.15, 0.2) is 47.4 Å². The Balaban J connectivity index is 2.17. The van der Waals surface area contributed by atoms with Gasteiger partial charge in [-0.3, -0.25) is 9.52 Å². The summed E-state index contributed by atoms with van der Waals surface area (Å²) >= 11 is 0. The average Bonchev–Trinajstić information content (AvgIpc) is 2.51. The van der Waals surface area contributed by atoms with Crippen LogP contribution < -0.4 is 10.0 Å². The van der Waals surface area contributed by atoms with Crippen LogP contribution in [0.3, 0.4) is 0 Å². The van der Waals surface area contributed by atoms with Gasteiger partial charge in [-0.15, -0.1) is 0 Å². The summed E-state index contributed by atoms with van der Waals surface area (Å²) in [5.74, 6) is -0.581. The Hall–Kier alpha value is -2.41. The highest BCUT2D eigenvalue weighted by molar-refractivity contribution is 7.92. The number of carbonyl (C=O) groups excluding carboxylic acids is 1. The third-order valence-electron chi connectivity index (χ3n) is 3.29. The SMILES string of the molecule is CNC(=O)Cc1ccc(NS(=O)(=O)c2ccc(F)c(C)c2)cc1. The Morgan fingerprint density at radius 1 is 1.13 bits per heavy atom. The standard InChI is InChI=1S/C16H17FN2O3S/c1-11-9-14(7-8-15(11)17)23(21,22)19-13-5-3-12(4-6-13)10-16(20)18-2/h3-9,19H,10H2,1-2H3,(H,18,20). The molecule has 0 aliphatic carbocycles. The molecule has 0 radical (unpaired) electrons. The molecule has 1 amide bonds. The Labute approximate surface area is 134 Å². The normalized spacial score (nSPS) is 11.1. The van der Waals surface area contributed by atoms with E-state index in [1.54, 1.807) is 31.3 Å². The van der Waals surface area contributed by atoms with E-state index in [0.29, 0.717) is 5.69 Å². The molecule has 0 aliphatic rings. The van der Waals surface area contributed by atoms with Crippen LogP contribution >= 0.6 is 0 Å². The Morgan fingerprint density at radius 3 is 2.35 bits per heavy atom. The molecule has 0 heterocycles. The minimum absolute atomic E-state index is 0.00848. The first kappa shape index (κ1) is 17.0. The summed E-state index contributed by atoms with van der Waals surface area (Å²) < 4.78 is 40.2. The Bertz CT molecular complexity index is 818. The van der Waals surface area contributed by atoms with Crippen molar-refractivity contribution in [3.63, 3.8) is 0 Å². The largest absolute Gasteiger partial charge is 0.359 e. The van der Waals surface area contributed by atoms with Crippen molar-refractivity contribution in [2.24, 2.45) is 0 Å². The highest BCUT2D eigenvalue weighted by atomic mass is 32.2. The fourth-order valence-corrected chi connectivity index (χ4v) is 3.11. The van der Waals surface area contributed by atoms with E-state index in [-0.39, 0.29) is 22.8 Å². The fraction of sp³-hybridized carbons (Fsp3) is 0.188. The average molecular weight is 336 g/mol. The van der Waals surface area contributed by atoms with Gasteiger partial charge in [-0.25, -0.2) is 12.8 Å². The van der Waals surface area contributed by atoms with Crippen molar-refractivity contribution in [3.8, 4) is 0 Å². The first-order valence-electron chi connectivity index (χ1n) is 6.90. The van der Waals surface area contributed by atoms with E-state index >= 15 is 0 Å². The molecule has 5 nitrogen and oxygen atoms in total. The van der Waals surface area contributed by atoms with Crippen LogP contribution in [0, 0.1) is 12.7 Å². The van der Waals surface area contributed by atoms with Gasteiger partial charge < -0.3 is 5.32 Å². The van der Waals surface area contributed by atoms with Gasteiger partial charge in [0, 0.05) is 12.7 Å². The lowest BCUT2D eigenvalue weighted by Crippen LogP contribution is -2.19. The summed E-state index contributed by atoms with van der Waals surface area (Å²) in [6.45, 7) is 1.50. The molecule has 122 valence electrons. The van der Waals surface area contributed by atoms with E-state index in [1.165, 1.54) is 19.1 Å². The monoisotopic (exact) mass is 336 g/mol. The highest BCUT2D eigenvalue weighted by Gasteiger charge is 2.15. The lowest BCUT2D eigenvalue weighted by Gasteiger charge is -2.09. The third-order valence-corrected chi connectivity index (χ3v) is 4.67. The number of aryl methyl sites for hydroxylation is 1. The van der Waals surface area contributed by atoms with Crippen molar-refractivity contribution >= 4 is 21.6 Å². The molecule has 0 bridgehead atoms. The minimum atomic E-state index is -3.79. The van der Waals surface area contributed by atoms with Crippen molar-refractivity contribution in [2.75, 3.05) is 11.8 Å². The van der Waals surface area contributed by atoms with Gasteiger partial charge in [-0.2, -0.15) is 0 Å². The number of halogens is 1. The van der Waals surface area contributed by atoms with Crippen molar-refractivity contribution in [1.29, 1.82) is 0 Å². The number of sulfonamides is 1. The molecule has 0 spiro atoms. The molecule has 0 aromatic heterocycles. The van der Waals surface area contributed by atoms with Crippen molar-refractivity contribution in [3.05, 3.63) is 59.4 Å². The van der Waals surface area contributed by atoms with Gasteiger partial charge in [0.25, 0.3) is 10.0 Å². The smallest absolute Gasteiger partial charge is 0.261 e. The van der Waals surface area contributed by atoms with Crippen LogP contribution in [0.5, 0.6) is 0 Å². The van der Waals surface area contributed by atoms with E-state index in [4.69, 9.17) is 0 Å². The zero-order chi connectivity index (χ0) is 17.0. The number of benzene rings is 2. The molecule has 2 aromatic carbocycles. The maximum absolute atomic E-state index is 13.2. The van der Waals surface area contributed by atoms with Gasteiger partial charge in [-0.1, -0.05) is 12.1 Å². The lowest BCUT2D eigenvalue weighted by molar-refractivity contribution is -0.119. The molecule has 0 aliphatic heterocycles. The molecule has 2 aromatic rings. The quantitative estimate of drug-likeness (QED) is 0.879. The first-order chi connectivity index (χ1) is 10.8. The fourth-order valence-electron chi connectivity index (χ4n) is 1.96. The molecule has 0 fully saturated rings. The minimum Gasteiger partial charge on any atom is -0.359 e. The molecule has 2 rings (SSSR count). The second kappa shape index (κ2) is 6.78. The molecule has 0 unspecified atom stereocenters. The van der Waals surface area contributed by atoms with Crippen LogP contribution in [0.4, 0.5) is 10.1 Å². The van der Waals surface area contributed by atoms with Gasteiger partial charge in [0.2, 0.25) is 5.91 Å². The summed E-state index contributed by atoms with van der Waals surface area (Å²) in [5, 5.41) is 2.52. The topological polar surface area (TPSA) is 75.3 Å². The van der Waals surface area contributed by atoms with Gasteiger partial charge in [0.15, 0.2) is 0 Å². The van der Waals surface area contributed by atoms with Gasteiger partial charge in [0.1, 0.15) is 5.82 Å². The summed E-state index contributed by atoms with van der Waals surface area (Å²) in [6.07, 6.45) is 0.223. The number of rotatable bonds is 5. The van der Waals surface area contributed by atoms with E-state index in [0.717, 1.165) is 11.6 Å². The number of carbonyl (C=O) groups is 1. The predicted molar refractivity (Wildman–Crippen MR) is 86.2 cm³/mol. The highest BCUT2D eigenvalue weighted by Crippen LogP contribution is 2.19. The second-order valence-corrected chi connectivity index (χ2v) is 6.75. The van der Waals surface area contributed by atoms with Crippen LogP contribution in [0.25, 0.3) is 0 Å². The van der Waals surface area contributed by atoms with Crippen molar-refractivity contribution < 1.29 is 17.6 Å². The number of likely N-dealkylation sites (N-methyl/N-ethyl adjacent to an activating group) is 1. The Morgan fingerprint density at radius 2 is 1.78 bits per heavy atom. The molecule has 23 heavy (non-hydrogen) atoms.